The number of aromatic nitrogens is 2. The Labute approximate surface area is 115 Å². The van der Waals surface area contributed by atoms with Gasteiger partial charge in [-0.2, -0.15) is 0 Å². The molecular weight excluding hydrogens is 244 g/mol. The van der Waals surface area contributed by atoms with Crippen LogP contribution >= 0.6 is 12.2 Å². The van der Waals surface area contributed by atoms with Gasteiger partial charge in [0.05, 0.1) is 0 Å². The predicted molar refractivity (Wildman–Crippen MR) is 79.9 cm³/mol. The molecule has 0 saturated carbocycles. The maximum atomic E-state index is 5.71. The van der Waals surface area contributed by atoms with Crippen molar-refractivity contribution in [3.05, 3.63) is 18.1 Å². The molecule has 0 saturated heterocycles. The van der Waals surface area contributed by atoms with E-state index in [1.54, 1.807) is 12.4 Å². The lowest BCUT2D eigenvalue weighted by atomic mass is 10.0. The molecule has 0 fully saturated rings. The molecule has 0 spiro atoms. The van der Waals surface area contributed by atoms with Crippen LogP contribution in [0.4, 0.5) is 5.82 Å². The van der Waals surface area contributed by atoms with Crippen molar-refractivity contribution >= 4 is 23.0 Å². The summed E-state index contributed by atoms with van der Waals surface area (Å²) >= 11 is 5.04. The van der Waals surface area contributed by atoms with Crippen LogP contribution in [-0.4, -0.2) is 28.0 Å². The van der Waals surface area contributed by atoms with E-state index in [1.165, 1.54) is 0 Å². The second-order valence-electron chi connectivity index (χ2n) is 4.31. The van der Waals surface area contributed by atoms with Crippen molar-refractivity contribution in [3.63, 3.8) is 0 Å². The first-order valence-corrected chi connectivity index (χ1v) is 6.90. The number of hydrogen-bond acceptors (Lipinski definition) is 4. The van der Waals surface area contributed by atoms with Crippen LogP contribution in [0.1, 0.15) is 39.3 Å². The molecule has 1 heterocycles. The molecule has 0 atom stereocenters. The zero-order chi connectivity index (χ0) is 13.5. The number of nitrogens with zero attached hydrogens (tertiary/aromatic N) is 3. The van der Waals surface area contributed by atoms with Crippen molar-refractivity contribution < 1.29 is 0 Å². The van der Waals surface area contributed by atoms with Gasteiger partial charge in [0.25, 0.3) is 0 Å². The van der Waals surface area contributed by atoms with Crippen molar-refractivity contribution in [3.8, 4) is 0 Å². The summed E-state index contributed by atoms with van der Waals surface area (Å²) in [5, 5.41) is 0. The number of thiocarbonyl (C=S) groups is 1. The number of nitrogens with two attached hydrogens (primary N) is 1. The molecule has 0 aliphatic carbocycles. The summed E-state index contributed by atoms with van der Waals surface area (Å²) in [7, 11) is 0. The minimum absolute atomic E-state index is 0.307. The first-order valence-electron chi connectivity index (χ1n) is 6.49. The minimum Gasteiger partial charge on any atom is -0.388 e. The third kappa shape index (κ3) is 3.63. The first-order chi connectivity index (χ1) is 8.63. The highest BCUT2D eigenvalue weighted by atomic mass is 32.1. The SMILES string of the molecule is CCC(CC)CN(CC)c1nccnc1C(N)=S. The van der Waals surface area contributed by atoms with Crippen molar-refractivity contribution in [2.75, 3.05) is 18.0 Å². The van der Waals surface area contributed by atoms with E-state index in [4.69, 9.17) is 18.0 Å². The summed E-state index contributed by atoms with van der Waals surface area (Å²) in [6.45, 7) is 8.39. The van der Waals surface area contributed by atoms with Crippen LogP contribution in [0.2, 0.25) is 0 Å². The van der Waals surface area contributed by atoms with Crippen molar-refractivity contribution in [1.29, 1.82) is 0 Å². The third-order valence-electron chi connectivity index (χ3n) is 3.23. The first kappa shape index (κ1) is 14.8. The van der Waals surface area contributed by atoms with Gasteiger partial charge in [-0.05, 0) is 12.8 Å². The number of hydrogen-bond donors (Lipinski definition) is 1. The van der Waals surface area contributed by atoms with Gasteiger partial charge in [0, 0.05) is 25.5 Å². The number of anilines is 1. The Morgan fingerprint density at radius 2 is 1.89 bits per heavy atom. The van der Waals surface area contributed by atoms with E-state index in [9.17, 15) is 0 Å². The van der Waals surface area contributed by atoms with E-state index in [0.29, 0.717) is 16.6 Å². The van der Waals surface area contributed by atoms with E-state index in [2.05, 4.69) is 35.6 Å². The maximum Gasteiger partial charge on any atom is 0.157 e. The van der Waals surface area contributed by atoms with E-state index in [-0.39, 0.29) is 0 Å². The molecule has 0 unspecified atom stereocenters. The van der Waals surface area contributed by atoms with Gasteiger partial charge in [0.1, 0.15) is 10.7 Å². The van der Waals surface area contributed by atoms with E-state index < -0.39 is 0 Å². The molecule has 0 amide bonds. The number of rotatable bonds is 7. The highest BCUT2D eigenvalue weighted by molar-refractivity contribution is 7.80. The van der Waals surface area contributed by atoms with Crippen LogP contribution in [-0.2, 0) is 0 Å². The normalized spacial score (nSPS) is 10.7. The van der Waals surface area contributed by atoms with Crippen LogP contribution in [0.15, 0.2) is 12.4 Å². The summed E-state index contributed by atoms with van der Waals surface area (Å²) in [5.41, 5.74) is 6.33. The minimum atomic E-state index is 0.307. The van der Waals surface area contributed by atoms with Gasteiger partial charge in [0.2, 0.25) is 0 Å². The standard InChI is InChI=1S/C13H22N4S/c1-4-10(5-2)9-17(6-3)13-11(12(14)18)15-7-8-16-13/h7-8,10H,4-6,9H2,1-3H3,(H2,14,18). The van der Waals surface area contributed by atoms with Gasteiger partial charge in [-0.3, -0.25) is 0 Å². The van der Waals surface area contributed by atoms with Crippen LogP contribution in [0.3, 0.4) is 0 Å². The molecule has 1 rings (SSSR count). The zero-order valence-corrected chi connectivity index (χ0v) is 12.2. The van der Waals surface area contributed by atoms with Gasteiger partial charge in [-0.25, -0.2) is 9.97 Å². The Balaban J connectivity index is 2.97. The molecular formula is C13H22N4S. The van der Waals surface area contributed by atoms with Crippen LogP contribution in [0, 0.1) is 5.92 Å². The molecule has 1 aromatic rings. The summed E-state index contributed by atoms with van der Waals surface area (Å²) in [4.78, 5) is 11.1. The average molecular weight is 266 g/mol. The van der Waals surface area contributed by atoms with Crippen LogP contribution in [0.25, 0.3) is 0 Å². The van der Waals surface area contributed by atoms with Crippen LogP contribution < -0.4 is 10.6 Å². The highest BCUT2D eigenvalue weighted by Crippen LogP contribution is 2.18. The van der Waals surface area contributed by atoms with Gasteiger partial charge >= 0.3 is 0 Å². The molecule has 4 nitrogen and oxygen atoms in total. The molecule has 18 heavy (non-hydrogen) atoms. The van der Waals surface area contributed by atoms with Crippen molar-refractivity contribution in [2.45, 2.75) is 33.6 Å². The Hall–Kier alpha value is -1.23. The second-order valence-corrected chi connectivity index (χ2v) is 4.75. The van der Waals surface area contributed by atoms with E-state index in [1.807, 2.05) is 0 Å². The molecule has 0 radical (unpaired) electrons. The quantitative estimate of drug-likeness (QED) is 0.768. The van der Waals surface area contributed by atoms with E-state index >= 15 is 0 Å². The lowest BCUT2D eigenvalue weighted by molar-refractivity contribution is 0.484. The Bertz CT molecular complexity index is 390. The van der Waals surface area contributed by atoms with Gasteiger partial charge in [0.15, 0.2) is 5.82 Å². The fraction of sp³-hybridized carbons (Fsp3) is 0.615. The summed E-state index contributed by atoms with van der Waals surface area (Å²) in [6.07, 6.45) is 5.64. The zero-order valence-electron chi connectivity index (χ0n) is 11.4. The fourth-order valence-electron chi connectivity index (χ4n) is 1.96. The fourth-order valence-corrected chi connectivity index (χ4v) is 2.10. The molecule has 5 heteroatoms. The summed E-state index contributed by atoms with van der Waals surface area (Å²) in [6, 6.07) is 0. The smallest absolute Gasteiger partial charge is 0.157 e. The second kappa shape index (κ2) is 7.26. The third-order valence-corrected chi connectivity index (χ3v) is 3.42. The largest absolute Gasteiger partial charge is 0.388 e. The van der Waals surface area contributed by atoms with Crippen molar-refractivity contribution in [2.24, 2.45) is 11.7 Å². The lowest BCUT2D eigenvalue weighted by Gasteiger charge is -2.27. The summed E-state index contributed by atoms with van der Waals surface area (Å²) < 4.78 is 0. The summed E-state index contributed by atoms with van der Waals surface area (Å²) in [5.74, 6) is 1.46. The topological polar surface area (TPSA) is 55.0 Å². The molecule has 1 aromatic heterocycles. The molecule has 2 N–H and O–H groups in total. The Kier molecular flexibility index (Phi) is 5.98. The average Bonchev–Trinajstić information content (AvgIpc) is 2.40. The molecule has 0 aliphatic heterocycles. The maximum absolute atomic E-state index is 5.71. The van der Waals surface area contributed by atoms with Crippen molar-refractivity contribution in [1.82, 2.24) is 9.97 Å². The van der Waals surface area contributed by atoms with Gasteiger partial charge in [-0.15, -0.1) is 0 Å². The molecule has 0 bridgehead atoms. The van der Waals surface area contributed by atoms with Crippen LogP contribution in [0.5, 0.6) is 0 Å². The molecule has 100 valence electrons. The Morgan fingerprint density at radius 3 is 2.39 bits per heavy atom. The molecule has 0 aromatic carbocycles. The lowest BCUT2D eigenvalue weighted by Crippen LogP contribution is -2.32. The predicted octanol–water partition coefficient (Wildman–Crippen LogP) is 2.37. The highest BCUT2D eigenvalue weighted by Gasteiger charge is 2.17. The van der Waals surface area contributed by atoms with E-state index in [0.717, 1.165) is 31.7 Å². The molecule has 0 aliphatic rings. The Morgan fingerprint density at radius 1 is 1.28 bits per heavy atom. The van der Waals surface area contributed by atoms with Gasteiger partial charge in [-0.1, -0.05) is 38.9 Å². The van der Waals surface area contributed by atoms with Gasteiger partial charge < -0.3 is 10.6 Å². The monoisotopic (exact) mass is 266 g/mol.